The van der Waals surface area contributed by atoms with E-state index in [0.717, 1.165) is 63.3 Å². The van der Waals surface area contributed by atoms with Gasteiger partial charge in [-0.1, -0.05) is 98.0 Å². The summed E-state index contributed by atoms with van der Waals surface area (Å²) in [6.45, 7) is 2.25. The molecule has 0 spiro atoms. The van der Waals surface area contributed by atoms with Gasteiger partial charge in [-0.3, -0.25) is 9.98 Å². The second-order valence-corrected chi connectivity index (χ2v) is 11.3. The standard InChI is InChI=1S/C40H33N3/c1-28-15-17-31(18-16-28)40-26-34(25-39(43-40)30-12-6-3-7-13-30)33-22-35(37-14-8-9-21-41-37)24-36(23-33)38-20-19-32(27-42-38)29-10-4-2-5-11-29/h2-13,15,17-28,37H,14,16H2,1H3/t28-,37?/m1/s1. The Morgan fingerprint density at radius 1 is 0.628 bits per heavy atom. The van der Waals surface area contributed by atoms with Crippen LogP contribution >= 0.6 is 0 Å². The van der Waals surface area contributed by atoms with Gasteiger partial charge in [0.15, 0.2) is 0 Å². The monoisotopic (exact) mass is 555 g/mol. The fraction of sp³-hybridized carbons (Fsp3) is 0.125. The van der Waals surface area contributed by atoms with Gasteiger partial charge >= 0.3 is 0 Å². The van der Waals surface area contributed by atoms with E-state index in [-0.39, 0.29) is 6.04 Å². The SMILES string of the molecule is C[C@@H]1C=CC(c2cc(-c3cc(-c4ccc(-c5ccccc5)cn4)cc(C4CC=CC=N4)c3)cc(-c3ccccc3)n2)=CC1. The molecule has 0 bridgehead atoms. The van der Waals surface area contributed by atoms with Crippen molar-refractivity contribution in [1.82, 2.24) is 9.97 Å². The molecule has 208 valence electrons. The number of pyridine rings is 2. The van der Waals surface area contributed by atoms with Gasteiger partial charge in [0, 0.05) is 29.1 Å². The second-order valence-electron chi connectivity index (χ2n) is 11.3. The van der Waals surface area contributed by atoms with Gasteiger partial charge in [-0.2, -0.15) is 0 Å². The van der Waals surface area contributed by atoms with Crippen LogP contribution in [0.3, 0.4) is 0 Å². The molecule has 43 heavy (non-hydrogen) atoms. The molecule has 2 aromatic heterocycles. The lowest BCUT2D eigenvalue weighted by molar-refractivity contribution is 0.738. The van der Waals surface area contributed by atoms with Crippen LogP contribution in [-0.2, 0) is 0 Å². The third-order valence-corrected chi connectivity index (χ3v) is 8.19. The number of aromatic nitrogens is 2. The first-order chi connectivity index (χ1) is 21.2. The van der Waals surface area contributed by atoms with Crippen LogP contribution in [0, 0.1) is 5.92 Å². The van der Waals surface area contributed by atoms with Crippen LogP contribution in [0.25, 0.3) is 50.3 Å². The number of nitrogens with zero attached hydrogens (tertiary/aromatic N) is 3. The van der Waals surface area contributed by atoms with Crippen molar-refractivity contribution in [2.45, 2.75) is 25.8 Å². The van der Waals surface area contributed by atoms with E-state index < -0.39 is 0 Å². The predicted molar refractivity (Wildman–Crippen MR) is 180 cm³/mol. The van der Waals surface area contributed by atoms with Gasteiger partial charge in [-0.05, 0) is 89.1 Å². The third-order valence-electron chi connectivity index (χ3n) is 8.19. The molecule has 3 nitrogen and oxygen atoms in total. The maximum Gasteiger partial charge on any atom is 0.0783 e. The van der Waals surface area contributed by atoms with Crippen molar-refractivity contribution in [3.05, 3.63) is 151 Å². The molecule has 1 unspecified atom stereocenters. The molecule has 0 saturated carbocycles. The van der Waals surface area contributed by atoms with E-state index in [1.165, 1.54) is 11.1 Å². The molecule has 2 aliphatic rings. The van der Waals surface area contributed by atoms with E-state index in [2.05, 4.69) is 122 Å². The lowest BCUT2D eigenvalue weighted by atomic mass is 9.91. The maximum atomic E-state index is 5.14. The Hall–Kier alpha value is -5.15. The second kappa shape index (κ2) is 12.0. The Morgan fingerprint density at radius 3 is 2.07 bits per heavy atom. The summed E-state index contributed by atoms with van der Waals surface area (Å²) in [5.41, 5.74) is 12.0. The number of hydrogen-bond donors (Lipinski definition) is 0. The smallest absolute Gasteiger partial charge is 0.0783 e. The molecule has 1 aliphatic heterocycles. The number of rotatable bonds is 6. The van der Waals surface area contributed by atoms with E-state index in [4.69, 9.17) is 15.0 Å². The molecular formula is C40H33N3. The summed E-state index contributed by atoms with van der Waals surface area (Å²) in [5.74, 6) is 0.547. The Kier molecular flexibility index (Phi) is 7.45. The lowest BCUT2D eigenvalue weighted by Crippen LogP contribution is -2.01. The number of dihydropyridines is 1. The predicted octanol–water partition coefficient (Wildman–Crippen LogP) is 10.2. The van der Waals surface area contributed by atoms with Gasteiger partial charge in [-0.15, -0.1) is 0 Å². The molecule has 3 aromatic carbocycles. The van der Waals surface area contributed by atoms with Crippen molar-refractivity contribution in [3.8, 4) is 44.8 Å². The van der Waals surface area contributed by atoms with Crippen molar-refractivity contribution in [1.29, 1.82) is 0 Å². The first-order valence-electron chi connectivity index (χ1n) is 15.0. The molecule has 3 heterocycles. The third kappa shape index (κ3) is 5.93. The zero-order chi connectivity index (χ0) is 29.0. The van der Waals surface area contributed by atoms with Gasteiger partial charge < -0.3 is 0 Å². The highest BCUT2D eigenvalue weighted by Crippen LogP contribution is 2.36. The van der Waals surface area contributed by atoms with Crippen LogP contribution in [0.4, 0.5) is 0 Å². The van der Waals surface area contributed by atoms with E-state index in [9.17, 15) is 0 Å². The van der Waals surface area contributed by atoms with Crippen LogP contribution in [-0.4, -0.2) is 16.2 Å². The molecule has 1 aliphatic carbocycles. The Balaban J connectivity index is 1.36. The highest BCUT2D eigenvalue weighted by atomic mass is 14.8. The average Bonchev–Trinajstić information content (AvgIpc) is 3.09. The van der Waals surface area contributed by atoms with E-state index >= 15 is 0 Å². The molecule has 0 fully saturated rings. The highest BCUT2D eigenvalue weighted by molar-refractivity contribution is 5.82. The van der Waals surface area contributed by atoms with E-state index in [1.54, 1.807) is 0 Å². The number of benzene rings is 3. The minimum absolute atomic E-state index is 0.0765. The topological polar surface area (TPSA) is 38.1 Å². The van der Waals surface area contributed by atoms with Crippen LogP contribution in [0.2, 0.25) is 0 Å². The minimum Gasteiger partial charge on any atom is -0.285 e. The minimum atomic E-state index is 0.0765. The molecule has 5 aromatic rings. The largest absolute Gasteiger partial charge is 0.285 e. The first-order valence-corrected chi connectivity index (χ1v) is 15.0. The van der Waals surface area contributed by atoms with Gasteiger partial charge in [-0.25, -0.2) is 4.98 Å². The maximum absolute atomic E-state index is 5.14. The van der Waals surface area contributed by atoms with E-state index in [0.29, 0.717) is 5.92 Å². The highest BCUT2D eigenvalue weighted by Gasteiger charge is 2.17. The average molecular weight is 556 g/mol. The van der Waals surface area contributed by atoms with Crippen molar-refractivity contribution in [2.75, 3.05) is 0 Å². The van der Waals surface area contributed by atoms with Crippen molar-refractivity contribution in [3.63, 3.8) is 0 Å². The quantitative estimate of drug-likeness (QED) is 0.209. The summed E-state index contributed by atoms with van der Waals surface area (Å²) in [7, 11) is 0. The summed E-state index contributed by atoms with van der Waals surface area (Å²) in [6, 6.07) is 36.5. The normalized spacial score (nSPS) is 17.6. The van der Waals surface area contributed by atoms with Crippen LogP contribution < -0.4 is 0 Å². The molecule has 0 saturated heterocycles. The summed E-state index contributed by atoms with van der Waals surface area (Å²) in [6.07, 6.45) is 16.8. The first kappa shape index (κ1) is 26.7. The Morgan fingerprint density at radius 2 is 1.37 bits per heavy atom. The Bertz CT molecular complexity index is 1860. The molecule has 3 heteroatoms. The molecule has 0 radical (unpaired) electrons. The lowest BCUT2D eigenvalue weighted by Gasteiger charge is -2.18. The molecule has 2 atom stereocenters. The van der Waals surface area contributed by atoms with E-state index in [1.807, 2.05) is 30.6 Å². The van der Waals surface area contributed by atoms with Gasteiger partial charge in [0.1, 0.15) is 0 Å². The van der Waals surface area contributed by atoms with Crippen molar-refractivity contribution in [2.24, 2.45) is 10.9 Å². The van der Waals surface area contributed by atoms with Gasteiger partial charge in [0.25, 0.3) is 0 Å². The van der Waals surface area contributed by atoms with Crippen molar-refractivity contribution >= 4 is 11.8 Å². The number of hydrogen-bond acceptors (Lipinski definition) is 3. The van der Waals surface area contributed by atoms with Gasteiger partial charge in [0.05, 0.1) is 23.1 Å². The fourth-order valence-electron chi connectivity index (χ4n) is 5.75. The van der Waals surface area contributed by atoms with Gasteiger partial charge in [0.2, 0.25) is 0 Å². The summed E-state index contributed by atoms with van der Waals surface area (Å²) in [5, 5.41) is 0. The summed E-state index contributed by atoms with van der Waals surface area (Å²) < 4.78 is 0. The van der Waals surface area contributed by atoms with Crippen LogP contribution in [0.15, 0.2) is 145 Å². The molecule has 7 rings (SSSR count). The van der Waals surface area contributed by atoms with Crippen LogP contribution in [0.5, 0.6) is 0 Å². The summed E-state index contributed by atoms with van der Waals surface area (Å²) >= 11 is 0. The molecule has 0 N–H and O–H groups in total. The molecular weight excluding hydrogens is 522 g/mol. The number of allylic oxidation sites excluding steroid dienone is 5. The van der Waals surface area contributed by atoms with Crippen molar-refractivity contribution < 1.29 is 0 Å². The zero-order valence-electron chi connectivity index (χ0n) is 24.3. The Labute approximate surface area is 253 Å². The van der Waals surface area contributed by atoms with Crippen LogP contribution in [0.1, 0.15) is 37.1 Å². The zero-order valence-corrected chi connectivity index (χ0v) is 24.3. The molecule has 0 amide bonds. The fourth-order valence-corrected chi connectivity index (χ4v) is 5.75. The summed E-state index contributed by atoms with van der Waals surface area (Å²) in [4.78, 5) is 14.9. The number of aliphatic imine (C=N–C) groups is 1.